The highest BCUT2D eigenvalue weighted by atomic mass is 16.2. The van der Waals surface area contributed by atoms with Gasteiger partial charge >= 0.3 is 6.03 Å². The standard InChI is InChI=1S/C11H16N6O/c18-11-15-14-8-17(11)9-1-2-10(13-7-9)16-5-3-12-4-6-16/h1-2,7,12,14H,3-6,8H2,(H,15,18). The van der Waals surface area contributed by atoms with E-state index >= 15 is 0 Å². The van der Waals surface area contributed by atoms with Crippen molar-refractivity contribution >= 4 is 17.5 Å². The zero-order valence-electron chi connectivity index (χ0n) is 10.0. The third-order valence-corrected chi connectivity index (χ3v) is 3.16. The van der Waals surface area contributed by atoms with Crippen molar-refractivity contribution in [3.8, 4) is 0 Å². The Morgan fingerprint density at radius 3 is 2.67 bits per heavy atom. The Morgan fingerprint density at radius 2 is 2.06 bits per heavy atom. The summed E-state index contributed by atoms with van der Waals surface area (Å²) in [5.74, 6) is 0.966. The maximum atomic E-state index is 11.5. The summed E-state index contributed by atoms with van der Waals surface area (Å²) in [7, 11) is 0. The summed E-state index contributed by atoms with van der Waals surface area (Å²) in [4.78, 5) is 19.7. The zero-order valence-corrected chi connectivity index (χ0v) is 10.0. The number of anilines is 2. The van der Waals surface area contributed by atoms with Crippen LogP contribution in [0.4, 0.5) is 16.3 Å². The molecule has 7 nitrogen and oxygen atoms in total. The van der Waals surface area contributed by atoms with Gasteiger partial charge in [-0.2, -0.15) is 0 Å². The van der Waals surface area contributed by atoms with Crippen molar-refractivity contribution < 1.29 is 4.79 Å². The highest BCUT2D eigenvalue weighted by molar-refractivity contribution is 5.93. The van der Waals surface area contributed by atoms with Crippen molar-refractivity contribution in [3.05, 3.63) is 18.3 Å². The van der Waals surface area contributed by atoms with Gasteiger partial charge in [-0.3, -0.25) is 10.3 Å². The molecule has 0 aromatic carbocycles. The molecule has 0 unspecified atom stereocenters. The average Bonchev–Trinajstić information content (AvgIpc) is 2.86. The first-order chi connectivity index (χ1) is 8.84. The molecule has 18 heavy (non-hydrogen) atoms. The van der Waals surface area contributed by atoms with E-state index in [1.165, 1.54) is 0 Å². The number of hydrogen-bond acceptors (Lipinski definition) is 5. The summed E-state index contributed by atoms with van der Waals surface area (Å²) in [5.41, 5.74) is 6.12. The number of hydrazine groups is 1. The van der Waals surface area contributed by atoms with E-state index in [0.717, 1.165) is 37.7 Å². The number of urea groups is 1. The highest BCUT2D eigenvalue weighted by Crippen LogP contribution is 2.18. The molecule has 3 N–H and O–H groups in total. The second kappa shape index (κ2) is 4.79. The summed E-state index contributed by atoms with van der Waals surface area (Å²) < 4.78 is 0. The van der Waals surface area contributed by atoms with Gasteiger partial charge in [0.05, 0.1) is 18.6 Å². The first-order valence-corrected chi connectivity index (χ1v) is 6.07. The van der Waals surface area contributed by atoms with Crippen LogP contribution in [0, 0.1) is 0 Å². The number of piperazine rings is 1. The lowest BCUT2D eigenvalue weighted by atomic mass is 10.3. The van der Waals surface area contributed by atoms with Crippen molar-refractivity contribution in [2.24, 2.45) is 0 Å². The van der Waals surface area contributed by atoms with E-state index in [1.807, 2.05) is 12.1 Å². The maximum absolute atomic E-state index is 11.5. The van der Waals surface area contributed by atoms with Gasteiger partial charge in [-0.15, -0.1) is 0 Å². The molecule has 2 aliphatic rings. The summed E-state index contributed by atoms with van der Waals surface area (Å²) >= 11 is 0. The first-order valence-electron chi connectivity index (χ1n) is 6.07. The van der Waals surface area contributed by atoms with Gasteiger partial charge in [-0.25, -0.2) is 15.2 Å². The van der Waals surface area contributed by atoms with E-state index in [-0.39, 0.29) is 6.03 Å². The van der Waals surface area contributed by atoms with E-state index in [2.05, 4.69) is 26.1 Å². The van der Waals surface area contributed by atoms with Gasteiger partial charge in [-0.1, -0.05) is 0 Å². The predicted octanol–water partition coefficient (Wildman–Crippen LogP) is -0.517. The summed E-state index contributed by atoms with van der Waals surface area (Å²) in [6.45, 7) is 4.38. The molecule has 3 rings (SSSR count). The molecular formula is C11H16N6O. The zero-order chi connectivity index (χ0) is 12.4. The van der Waals surface area contributed by atoms with Crippen LogP contribution in [0.25, 0.3) is 0 Å². The first kappa shape index (κ1) is 11.2. The molecule has 3 heterocycles. The summed E-state index contributed by atoms with van der Waals surface area (Å²) in [6, 6.07) is 3.75. The van der Waals surface area contributed by atoms with E-state index < -0.39 is 0 Å². The van der Waals surface area contributed by atoms with Gasteiger partial charge in [0.1, 0.15) is 5.82 Å². The molecule has 7 heteroatoms. The summed E-state index contributed by atoms with van der Waals surface area (Å²) in [5, 5.41) is 3.31. The number of pyridine rings is 1. The molecule has 0 aliphatic carbocycles. The molecule has 0 saturated carbocycles. The van der Waals surface area contributed by atoms with Crippen LogP contribution in [-0.4, -0.2) is 43.9 Å². The Labute approximate surface area is 105 Å². The number of nitrogens with one attached hydrogen (secondary N) is 3. The van der Waals surface area contributed by atoms with Gasteiger partial charge in [0, 0.05) is 26.2 Å². The van der Waals surface area contributed by atoms with Crippen LogP contribution >= 0.6 is 0 Å². The molecule has 2 fully saturated rings. The smallest absolute Gasteiger partial charge is 0.337 e. The molecule has 0 atom stereocenters. The Balaban J connectivity index is 1.74. The lowest BCUT2D eigenvalue weighted by Crippen LogP contribution is -2.43. The number of carbonyl (C=O) groups excluding carboxylic acids is 1. The molecule has 0 radical (unpaired) electrons. The lowest BCUT2D eigenvalue weighted by molar-refractivity contribution is 0.250. The van der Waals surface area contributed by atoms with Crippen LogP contribution in [0.3, 0.4) is 0 Å². The molecule has 0 bridgehead atoms. The minimum atomic E-state index is -0.147. The number of hydrogen-bond donors (Lipinski definition) is 3. The number of carbonyl (C=O) groups is 1. The Hall–Kier alpha value is -1.86. The molecular weight excluding hydrogens is 232 g/mol. The topological polar surface area (TPSA) is 72.5 Å². The van der Waals surface area contributed by atoms with Crippen molar-refractivity contribution in [1.29, 1.82) is 0 Å². The van der Waals surface area contributed by atoms with Crippen molar-refractivity contribution in [2.45, 2.75) is 0 Å². The molecule has 0 spiro atoms. The van der Waals surface area contributed by atoms with Gasteiger partial charge in [0.25, 0.3) is 0 Å². The molecule has 1 aromatic heterocycles. The third-order valence-electron chi connectivity index (χ3n) is 3.16. The fourth-order valence-corrected chi connectivity index (χ4v) is 2.16. The van der Waals surface area contributed by atoms with Crippen molar-refractivity contribution in [2.75, 3.05) is 42.6 Å². The Morgan fingerprint density at radius 1 is 1.22 bits per heavy atom. The number of amides is 2. The monoisotopic (exact) mass is 248 g/mol. The van der Waals surface area contributed by atoms with Gasteiger partial charge in [0.15, 0.2) is 0 Å². The van der Waals surface area contributed by atoms with E-state index in [1.54, 1.807) is 11.1 Å². The Bertz CT molecular complexity index is 428. The van der Waals surface area contributed by atoms with Gasteiger partial charge in [0.2, 0.25) is 0 Å². The average molecular weight is 248 g/mol. The second-order valence-electron chi connectivity index (χ2n) is 4.30. The fourth-order valence-electron chi connectivity index (χ4n) is 2.16. The number of aromatic nitrogens is 1. The van der Waals surface area contributed by atoms with E-state index in [4.69, 9.17) is 0 Å². The quantitative estimate of drug-likeness (QED) is 0.657. The number of rotatable bonds is 2. The molecule has 2 aliphatic heterocycles. The van der Waals surface area contributed by atoms with Gasteiger partial charge in [-0.05, 0) is 12.1 Å². The van der Waals surface area contributed by atoms with Gasteiger partial charge < -0.3 is 10.2 Å². The molecule has 1 aromatic rings. The van der Waals surface area contributed by atoms with E-state index in [9.17, 15) is 4.79 Å². The van der Waals surface area contributed by atoms with Crippen LogP contribution in [0.15, 0.2) is 18.3 Å². The fraction of sp³-hybridized carbons (Fsp3) is 0.455. The van der Waals surface area contributed by atoms with Crippen LogP contribution in [0.5, 0.6) is 0 Å². The van der Waals surface area contributed by atoms with Crippen molar-refractivity contribution in [1.82, 2.24) is 21.2 Å². The largest absolute Gasteiger partial charge is 0.354 e. The van der Waals surface area contributed by atoms with Crippen molar-refractivity contribution in [3.63, 3.8) is 0 Å². The maximum Gasteiger partial charge on any atom is 0.337 e. The predicted molar refractivity (Wildman–Crippen MR) is 68.3 cm³/mol. The lowest BCUT2D eigenvalue weighted by Gasteiger charge is -2.28. The Kier molecular flexibility index (Phi) is 2.99. The third kappa shape index (κ3) is 2.09. The minimum absolute atomic E-state index is 0.147. The summed E-state index contributed by atoms with van der Waals surface area (Å²) in [6.07, 6.45) is 1.74. The van der Waals surface area contributed by atoms with Crippen LogP contribution < -0.4 is 26.0 Å². The highest BCUT2D eigenvalue weighted by Gasteiger charge is 2.21. The molecule has 2 saturated heterocycles. The van der Waals surface area contributed by atoms with Crippen LogP contribution in [0.1, 0.15) is 0 Å². The SMILES string of the molecule is O=C1NNCN1c1ccc(N2CCNCC2)nc1. The minimum Gasteiger partial charge on any atom is -0.354 e. The second-order valence-corrected chi connectivity index (χ2v) is 4.30. The normalized spacial score (nSPS) is 20.1. The van der Waals surface area contributed by atoms with Crippen LogP contribution in [-0.2, 0) is 0 Å². The van der Waals surface area contributed by atoms with Crippen LogP contribution in [0.2, 0.25) is 0 Å². The number of nitrogens with zero attached hydrogens (tertiary/aromatic N) is 3. The molecule has 96 valence electrons. The molecule has 2 amide bonds. The van der Waals surface area contributed by atoms with E-state index in [0.29, 0.717) is 6.67 Å².